The van der Waals surface area contributed by atoms with Gasteiger partial charge in [0, 0.05) is 5.39 Å². The number of hydrogen-bond donors (Lipinski definition) is 2. The average Bonchev–Trinajstić information content (AvgIpc) is 2.36. The van der Waals surface area contributed by atoms with Gasteiger partial charge in [-0.25, -0.2) is 18.7 Å². The molecule has 96 valence electrons. The van der Waals surface area contributed by atoms with Gasteiger partial charge in [-0.1, -0.05) is 12.1 Å². The van der Waals surface area contributed by atoms with Crippen LogP contribution in [0.5, 0.6) is 0 Å². The van der Waals surface area contributed by atoms with Crippen LogP contribution in [0.1, 0.15) is 0 Å². The Labute approximate surface area is 107 Å². The minimum atomic E-state index is -2.99. The topological polar surface area (TPSA) is 63.8 Å². The number of fused-ring (bicyclic) bond motifs is 1. The van der Waals surface area contributed by atoms with Crippen LogP contribution in [0.3, 0.4) is 0 Å². The van der Waals surface area contributed by atoms with Crippen molar-refractivity contribution in [3.05, 3.63) is 29.5 Å². The highest BCUT2D eigenvalue weighted by molar-refractivity contribution is 6.28. The van der Waals surface area contributed by atoms with E-state index in [1.165, 1.54) is 0 Å². The van der Waals surface area contributed by atoms with Crippen LogP contribution in [0.15, 0.2) is 24.3 Å². The van der Waals surface area contributed by atoms with E-state index in [0.717, 1.165) is 0 Å². The van der Waals surface area contributed by atoms with Gasteiger partial charge in [0.25, 0.3) is 5.92 Å². The third kappa shape index (κ3) is 2.83. The Kier molecular flexibility index (Phi) is 3.58. The van der Waals surface area contributed by atoms with Crippen molar-refractivity contribution in [3.63, 3.8) is 0 Å². The molecule has 0 saturated heterocycles. The second-order valence-electron chi connectivity index (χ2n) is 3.77. The van der Waals surface area contributed by atoms with E-state index in [0.29, 0.717) is 10.9 Å². The lowest BCUT2D eigenvalue weighted by atomic mass is 10.2. The van der Waals surface area contributed by atoms with Crippen molar-refractivity contribution < 1.29 is 8.78 Å². The third-order valence-corrected chi connectivity index (χ3v) is 2.56. The number of aromatic nitrogens is 2. The van der Waals surface area contributed by atoms with E-state index in [-0.39, 0.29) is 11.1 Å². The number of alkyl halides is 2. The Morgan fingerprint density at radius 3 is 2.72 bits per heavy atom. The van der Waals surface area contributed by atoms with Crippen LogP contribution < -0.4 is 11.1 Å². The van der Waals surface area contributed by atoms with Crippen LogP contribution in [-0.2, 0) is 0 Å². The molecule has 18 heavy (non-hydrogen) atoms. The van der Waals surface area contributed by atoms with Gasteiger partial charge in [-0.2, -0.15) is 0 Å². The van der Waals surface area contributed by atoms with Crippen molar-refractivity contribution in [2.75, 3.05) is 18.4 Å². The molecule has 0 fully saturated rings. The SMILES string of the molecule is NCC(F)(F)CNc1nc(Cl)nc2ccccc12. The Balaban J connectivity index is 2.33. The second kappa shape index (κ2) is 4.99. The fourth-order valence-electron chi connectivity index (χ4n) is 1.47. The molecule has 3 N–H and O–H groups in total. The number of nitrogens with two attached hydrogens (primary N) is 1. The number of rotatable bonds is 4. The average molecular weight is 273 g/mol. The van der Waals surface area contributed by atoms with E-state index in [9.17, 15) is 8.78 Å². The lowest BCUT2D eigenvalue weighted by Gasteiger charge is -2.15. The predicted molar refractivity (Wildman–Crippen MR) is 67.0 cm³/mol. The summed E-state index contributed by atoms with van der Waals surface area (Å²) in [6.45, 7) is -1.32. The summed E-state index contributed by atoms with van der Waals surface area (Å²) in [5.74, 6) is -2.71. The molecule has 0 bridgehead atoms. The first-order valence-electron chi connectivity index (χ1n) is 5.26. The number of nitrogens with one attached hydrogen (secondary N) is 1. The molecule has 7 heteroatoms. The number of anilines is 1. The van der Waals surface area contributed by atoms with Gasteiger partial charge < -0.3 is 11.1 Å². The summed E-state index contributed by atoms with van der Waals surface area (Å²) in [6.07, 6.45) is 0. The van der Waals surface area contributed by atoms with Crippen molar-refractivity contribution in [1.82, 2.24) is 9.97 Å². The monoisotopic (exact) mass is 272 g/mol. The molecule has 1 aromatic heterocycles. The highest BCUT2D eigenvalue weighted by Crippen LogP contribution is 2.23. The summed E-state index contributed by atoms with van der Waals surface area (Å²) < 4.78 is 26.2. The highest BCUT2D eigenvalue weighted by Gasteiger charge is 2.26. The van der Waals surface area contributed by atoms with Gasteiger partial charge >= 0.3 is 0 Å². The molecule has 0 aliphatic carbocycles. The minimum absolute atomic E-state index is 0.00673. The molecule has 0 unspecified atom stereocenters. The van der Waals surface area contributed by atoms with Gasteiger partial charge in [0.1, 0.15) is 5.82 Å². The first kappa shape index (κ1) is 12.9. The van der Waals surface area contributed by atoms with Gasteiger partial charge in [-0.15, -0.1) is 0 Å². The van der Waals surface area contributed by atoms with Crippen molar-refractivity contribution in [2.24, 2.45) is 5.73 Å². The van der Waals surface area contributed by atoms with Crippen molar-refractivity contribution in [3.8, 4) is 0 Å². The highest BCUT2D eigenvalue weighted by atomic mass is 35.5. The van der Waals surface area contributed by atoms with Crippen LogP contribution in [0.2, 0.25) is 5.28 Å². The summed E-state index contributed by atoms with van der Waals surface area (Å²) >= 11 is 5.73. The first-order valence-corrected chi connectivity index (χ1v) is 5.64. The fourth-order valence-corrected chi connectivity index (χ4v) is 1.64. The zero-order valence-corrected chi connectivity index (χ0v) is 10.1. The van der Waals surface area contributed by atoms with Crippen LogP contribution >= 0.6 is 11.6 Å². The maximum atomic E-state index is 13.1. The van der Waals surface area contributed by atoms with E-state index in [2.05, 4.69) is 15.3 Å². The van der Waals surface area contributed by atoms with Crippen molar-refractivity contribution in [2.45, 2.75) is 5.92 Å². The van der Waals surface area contributed by atoms with Crippen LogP contribution in [0.25, 0.3) is 10.9 Å². The number of nitrogens with zero attached hydrogens (tertiary/aromatic N) is 2. The molecular formula is C11H11ClF2N4. The molecule has 1 heterocycles. The van der Waals surface area contributed by atoms with Gasteiger partial charge in [-0.05, 0) is 23.7 Å². The number of para-hydroxylation sites is 1. The van der Waals surface area contributed by atoms with Gasteiger partial charge in [0.05, 0.1) is 18.6 Å². The van der Waals surface area contributed by atoms with Gasteiger partial charge in [0.2, 0.25) is 5.28 Å². The van der Waals surface area contributed by atoms with E-state index in [1.807, 2.05) is 0 Å². The van der Waals surface area contributed by atoms with E-state index in [1.54, 1.807) is 24.3 Å². The quantitative estimate of drug-likeness (QED) is 0.838. The number of halogens is 3. The molecule has 0 atom stereocenters. The first-order chi connectivity index (χ1) is 8.52. The van der Waals surface area contributed by atoms with Crippen LogP contribution in [0, 0.1) is 0 Å². The largest absolute Gasteiger partial charge is 0.363 e. The lowest BCUT2D eigenvalue weighted by Crippen LogP contribution is -2.35. The predicted octanol–water partition coefficient (Wildman–Crippen LogP) is 2.29. The Hall–Kier alpha value is -1.53. The maximum absolute atomic E-state index is 13.1. The molecular weight excluding hydrogens is 262 g/mol. The molecule has 0 spiro atoms. The Morgan fingerprint density at radius 1 is 1.28 bits per heavy atom. The zero-order valence-electron chi connectivity index (χ0n) is 9.33. The van der Waals surface area contributed by atoms with E-state index in [4.69, 9.17) is 17.3 Å². The van der Waals surface area contributed by atoms with Gasteiger partial charge in [0.15, 0.2) is 0 Å². The molecule has 2 rings (SSSR count). The summed E-state index contributed by atoms with van der Waals surface area (Å²) in [4.78, 5) is 7.91. The Bertz CT molecular complexity index is 562. The molecule has 0 saturated carbocycles. The summed E-state index contributed by atoms with van der Waals surface area (Å²) in [6, 6.07) is 7.01. The van der Waals surface area contributed by atoms with Crippen LogP contribution in [0.4, 0.5) is 14.6 Å². The van der Waals surface area contributed by atoms with Crippen molar-refractivity contribution >= 4 is 28.3 Å². The van der Waals surface area contributed by atoms with Crippen molar-refractivity contribution in [1.29, 1.82) is 0 Å². The summed E-state index contributed by atoms with van der Waals surface area (Å²) in [7, 11) is 0. The molecule has 0 amide bonds. The number of benzene rings is 1. The third-order valence-electron chi connectivity index (χ3n) is 2.39. The Morgan fingerprint density at radius 2 is 2.00 bits per heavy atom. The minimum Gasteiger partial charge on any atom is -0.363 e. The van der Waals surface area contributed by atoms with Gasteiger partial charge in [-0.3, -0.25) is 0 Å². The number of hydrogen-bond acceptors (Lipinski definition) is 4. The van der Waals surface area contributed by atoms with Crippen LogP contribution in [-0.4, -0.2) is 29.0 Å². The van der Waals surface area contributed by atoms with E-state index >= 15 is 0 Å². The summed E-state index contributed by atoms with van der Waals surface area (Å²) in [5.41, 5.74) is 5.56. The standard InChI is InChI=1S/C11H11ClF2N4/c12-10-17-8-4-2-1-3-7(8)9(18-10)16-6-11(13,14)5-15/h1-4H,5-6,15H2,(H,16,17,18). The normalized spacial score (nSPS) is 11.8. The molecule has 0 aliphatic rings. The smallest absolute Gasteiger partial charge is 0.276 e. The zero-order chi connectivity index (χ0) is 13.2. The lowest BCUT2D eigenvalue weighted by molar-refractivity contribution is 0.0253. The maximum Gasteiger partial charge on any atom is 0.276 e. The van der Waals surface area contributed by atoms with E-state index < -0.39 is 19.0 Å². The molecule has 2 aromatic rings. The molecule has 0 aliphatic heterocycles. The molecule has 0 radical (unpaired) electrons. The summed E-state index contributed by atoms with van der Waals surface area (Å²) in [5, 5.41) is 3.19. The fraction of sp³-hybridized carbons (Fsp3) is 0.273. The molecule has 4 nitrogen and oxygen atoms in total. The second-order valence-corrected chi connectivity index (χ2v) is 4.11. The molecule has 1 aromatic carbocycles.